The van der Waals surface area contributed by atoms with Crippen molar-refractivity contribution in [2.24, 2.45) is 0 Å². The van der Waals surface area contributed by atoms with E-state index in [1.54, 1.807) is 18.0 Å². The van der Waals surface area contributed by atoms with Crippen LogP contribution in [0.15, 0.2) is 6.20 Å². The molecule has 6 heteroatoms. The number of nitrogens with zero attached hydrogens (tertiary/aromatic N) is 2. The third-order valence-corrected chi connectivity index (χ3v) is 3.25. The maximum Gasteiger partial charge on any atom is 0.238 e. The number of thioether (sulfide) groups is 1. The van der Waals surface area contributed by atoms with E-state index in [0.717, 1.165) is 6.42 Å². The molecule has 0 aliphatic carbocycles. The highest BCUT2D eigenvalue weighted by Gasteiger charge is 2.15. The third-order valence-electron chi connectivity index (χ3n) is 1.56. The zero-order valence-corrected chi connectivity index (χ0v) is 9.11. The van der Waals surface area contributed by atoms with Crippen LogP contribution in [-0.2, 0) is 4.79 Å². The van der Waals surface area contributed by atoms with Crippen molar-refractivity contribution in [1.29, 1.82) is 0 Å². The predicted molar refractivity (Wildman–Crippen MR) is 56.1 cm³/mol. The lowest BCUT2D eigenvalue weighted by Crippen LogP contribution is -2.23. The number of carbonyl (C=O) groups is 1. The van der Waals surface area contributed by atoms with Crippen LogP contribution in [0.25, 0.3) is 0 Å². The highest BCUT2D eigenvalue weighted by Crippen LogP contribution is 2.15. The summed E-state index contributed by atoms with van der Waals surface area (Å²) >= 11 is 2.74. The standard InChI is InChI=1S/C7H11N3OS2/c1-3-5(12-2)7(11)9-6-4-8-10-13-6/h4-5H,3H2,1-2H3,(H,9,11). The van der Waals surface area contributed by atoms with E-state index in [1.807, 2.05) is 13.2 Å². The first kappa shape index (κ1) is 10.5. The average molecular weight is 217 g/mol. The fourth-order valence-corrected chi connectivity index (χ4v) is 1.91. The summed E-state index contributed by atoms with van der Waals surface area (Å²) in [7, 11) is 0. The summed E-state index contributed by atoms with van der Waals surface area (Å²) in [5.41, 5.74) is 0. The van der Waals surface area contributed by atoms with Gasteiger partial charge < -0.3 is 5.32 Å². The van der Waals surface area contributed by atoms with E-state index in [1.165, 1.54) is 11.5 Å². The lowest BCUT2D eigenvalue weighted by Gasteiger charge is -2.09. The van der Waals surface area contributed by atoms with Gasteiger partial charge in [-0.15, -0.1) is 5.10 Å². The molecule has 0 saturated heterocycles. The largest absolute Gasteiger partial charge is 0.314 e. The van der Waals surface area contributed by atoms with Gasteiger partial charge in [0, 0.05) is 11.5 Å². The Bertz CT molecular complexity index is 259. The predicted octanol–water partition coefficient (Wildman–Crippen LogP) is 1.62. The monoisotopic (exact) mass is 217 g/mol. The van der Waals surface area contributed by atoms with E-state index in [2.05, 4.69) is 14.9 Å². The molecule has 1 aromatic heterocycles. The summed E-state index contributed by atoms with van der Waals surface area (Å²) in [6.45, 7) is 1.99. The summed E-state index contributed by atoms with van der Waals surface area (Å²) in [5.74, 6) is 0.0288. The Morgan fingerprint density at radius 2 is 2.62 bits per heavy atom. The molecule has 0 saturated carbocycles. The van der Waals surface area contributed by atoms with Gasteiger partial charge in [0.2, 0.25) is 5.91 Å². The molecule has 0 aromatic carbocycles. The molecule has 0 aliphatic rings. The molecule has 0 fully saturated rings. The average Bonchev–Trinajstić information content (AvgIpc) is 2.59. The van der Waals surface area contributed by atoms with Crippen LogP contribution in [0.1, 0.15) is 13.3 Å². The van der Waals surface area contributed by atoms with Crippen LogP contribution in [0.3, 0.4) is 0 Å². The highest BCUT2D eigenvalue weighted by molar-refractivity contribution is 7.99. The number of anilines is 1. The number of aromatic nitrogens is 2. The molecule has 1 unspecified atom stereocenters. The van der Waals surface area contributed by atoms with Gasteiger partial charge in [-0.3, -0.25) is 4.79 Å². The molecular formula is C7H11N3OS2. The minimum atomic E-state index is 0.0158. The lowest BCUT2D eigenvalue weighted by molar-refractivity contribution is -0.115. The molecule has 1 heterocycles. The van der Waals surface area contributed by atoms with Crippen LogP contribution in [-0.4, -0.2) is 27.0 Å². The van der Waals surface area contributed by atoms with Gasteiger partial charge in [0.15, 0.2) is 0 Å². The van der Waals surface area contributed by atoms with Crippen LogP contribution in [0.2, 0.25) is 0 Å². The van der Waals surface area contributed by atoms with Crippen LogP contribution in [0, 0.1) is 0 Å². The number of hydrogen-bond donors (Lipinski definition) is 1. The summed E-state index contributed by atoms with van der Waals surface area (Å²) in [6, 6.07) is 0. The first-order chi connectivity index (χ1) is 6.27. The summed E-state index contributed by atoms with van der Waals surface area (Å²) < 4.78 is 3.66. The molecule has 0 radical (unpaired) electrons. The molecule has 1 rings (SSSR count). The quantitative estimate of drug-likeness (QED) is 0.832. The van der Waals surface area contributed by atoms with Gasteiger partial charge in [-0.1, -0.05) is 11.4 Å². The van der Waals surface area contributed by atoms with Crippen LogP contribution >= 0.6 is 23.3 Å². The third kappa shape index (κ3) is 2.96. The van der Waals surface area contributed by atoms with Crippen molar-refractivity contribution in [3.63, 3.8) is 0 Å². The molecule has 1 N–H and O–H groups in total. The van der Waals surface area contributed by atoms with E-state index in [-0.39, 0.29) is 11.2 Å². The Kier molecular flexibility index (Phi) is 4.17. The second kappa shape index (κ2) is 5.18. The molecule has 1 atom stereocenters. The molecule has 72 valence electrons. The van der Waals surface area contributed by atoms with Gasteiger partial charge >= 0.3 is 0 Å². The minimum Gasteiger partial charge on any atom is -0.314 e. The maximum absolute atomic E-state index is 11.5. The molecular weight excluding hydrogens is 206 g/mol. The number of rotatable bonds is 4. The van der Waals surface area contributed by atoms with Crippen molar-refractivity contribution >= 4 is 34.2 Å². The second-order valence-corrected chi connectivity index (χ2v) is 4.23. The molecule has 0 spiro atoms. The number of nitrogens with one attached hydrogen (secondary N) is 1. The van der Waals surface area contributed by atoms with E-state index < -0.39 is 0 Å². The van der Waals surface area contributed by atoms with E-state index in [4.69, 9.17) is 0 Å². The Morgan fingerprint density at radius 1 is 1.85 bits per heavy atom. The van der Waals surface area contributed by atoms with Gasteiger partial charge in [-0.05, 0) is 12.7 Å². The number of carbonyl (C=O) groups excluding carboxylic acids is 1. The summed E-state index contributed by atoms with van der Waals surface area (Å²) in [4.78, 5) is 11.5. The minimum absolute atomic E-state index is 0.0158. The van der Waals surface area contributed by atoms with E-state index in [0.29, 0.717) is 5.00 Å². The normalized spacial score (nSPS) is 12.5. The van der Waals surface area contributed by atoms with E-state index >= 15 is 0 Å². The topological polar surface area (TPSA) is 54.9 Å². The Morgan fingerprint density at radius 3 is 3.08 bits per heavy atom. The fourth-order valence-electron chi connectivity index (χ4n) is 0.883. The van der Waals surface area contributed by atoms with Crippen LogP contribution < -0.4 is 5.32 Å². The first-order valence-corrected chi connectivity index (χ1v) is 5.95. The highest BCUT2D eigenvalue weighted by atomic mass is 32.2. The van der Waals surface area contributed by atoms with Gasteiger partial charge in [0.05, 0.1) is 11.4 Å². The smallest absolute Gasteiger partial charge is 0.238 e. The van der Waals surface area contributed by atoms with Crippen molar-refractivity contribution in [1.82, 2.24) is 9.59 Å². The van der Waals surface area contributed by atoms with Gasteiger partial charge in [0.1, 0.15) is 5.00 Å². The van der Waals surface area contributed by atoms with Crippen molar-refractivity contribution in [3.8, 4) is 0 Å². The summed E-state index contributed by atoms with van der Waals surface area (Å²) in [6.07, 6.45) is 4.31. The first-order valence-electron chi connectivity index (χ1n) is 3.89. The summed E-state index contributed by atoms with van der Waals surface area (Å²) in [5, 5.41) is 7.11. The second-order valence-electron chi connectivity index (χ2n) is 2.40. The van der Waals surface area contributed by atoms with Gasteiger partial charge in [-0.2, -0.15) is 11.8 Å². The van der Waals surface area contributed by atoms with Gasteiger partial charge in [0.25, 0.3) is 0 Å². The number of hydrogen-bond acceptors (Lipinski definition) is 5. The molecule has 1 aromatic rings. The van der Waals surface area contributed by atoms with Crippen molar-refractivity contribution in [2.45, 2.75) is 18.6 Å². The zero-order valence-electron chi connectivity index (χ0n) is 7.48. The van der Waals surface area contributed by atoms with Crippen molar-refractivity contribution < 1.29 is 4.79 Å². The molecule has 4 nitrogen and oxygen atoms in total. The molecule has 1 amide bonds. The Balaban J connectivity index is 2.49. The fraction of sp³-hybridized carbons (Fsp3) is 0.571. The molecule has 0 bridgehead atoms. The van der Waals surface area contributed by atoms with E-state index in [9.17, 15) is 4.79 Å². The van der Waals surface area contributed by atoms with Crippen LogP contribution in [0.5, 0.6) is 0 Å². The van der Waals surface area contributed by atoms with Gasteiger partial charge in [-0.25, -0.2) is 0 Å². The Labute approximate surface area is 85.3 Å². The van der Waals surface area contributed by atoms with Crippen LogP contribution in [0.4, 0.5) is 5.00 Å². The number of amides is 1. The maximum atomic E-state index is 11.5. The Hall–Kier alpha value is -0.620. The van der Waals surface area contributed by atoms with Crippen molar-refractivity contribution in [2.75, 3.05) is 11.6 Å². The molecule has 0 aliphatic heterocycles. The lowest BCUT2D eigenvalue weighted by atomic mass is 10.3. The zero-order chi connectivity index (χ0) is 9.68. The molecule has 13 heavy (non-hydrogen) atoms. The SMILES string of the molecule is CCC(SC)C(=O)Nc1cnns1. The van der Waals surface area contributed by atoms with Crippen molar-refractivity contribution in [3.05, 3.63) is 6.20 Å².